The molecule has 2 atom stereocenters. The number of hydrogen-bond acceptors (Lipinski definition) is 7. The monoisotopic (exact) mass is 300 g/mol. The first-order chi connectivity index (χ1) is 9.86. The van der Waals surface area contributed by atoms with Gasteiger partial charge in [0, 0.05) is 6.92 Å². The van der Waals surface area contributed by atoms with Crippen LogP contribution in [0.5, 0.6) is 0 Å². The van der Waals surface area contributed by atoms with Crippen LogP contribution in [0.3, 0.4) is 0 Å². The molecule has 0 fully saturated rings. The average molecular weight is 300 g/mol. The van der Waals surface area contributed by atoms with Gasteiger partial charge in [-0.25, -0.2) is 0 Å². The molecule has 0 N–H and O–H groups in total. The van der Waals surface area contributed by atoms with Crippen molar-refractivity contribution in [2.75, 3.05) is 13.2 Å². The Labute approximate surface area is 123 Å². The van der Waals surface area contributed by atoms with Gasteiger partial charge >= 0.3 is 17.9 Å². The summed E-state index contributed by atoms with van der Waals surface area (Å²) in [6, 6.07) is 0. The van der Waals surface area contributed by atoms with Crippen molar-refractivity contribution in [3.8, 4) is 0 Å². The van der Waals surface area contributed by atoms with E-state index in [2.05, 4.69) is 0 Å². The zero-order chi connectivity index (χ0) is 16.0. The quantitative estimate of drug-likeness (QED) is 0.312. The molecule has 0 saturated heterocycles. The van der Waals surface area contributed by atoms with E-state index in [0.717, 1.165) is 0 Å². The highest BCUT2D eigenvalue weighted by atomic mass is 16.7. The van der Waals surface area contributed by atoms with Crippen LogP contribution in [0, 0.1) is 5.41 Å². The third-order valence-corrected chi connectivity index (χ3v) is 2.97. The highest BCUT2D eigenvalue weighted by Gasteiger charge is 2.53. The van der Waals surface area contributed by atoms with Crippen LogP contribution in [-0.4, -0.2) is 43.5 Å². The van der Waals surface area contributed by atoms with Gasteiger partial charge in [-0.1, -0.05) is 6.08 Å². The number of hydrogen-bond donors (Lipinski definition) is 0. The number of esters is 3. The smallest absolute Gasteiger partial charge is 0.326 e. The molecule has 1 rings (SSSR count). The van der Waals surface area contributed by atoms with E-state index in [4.69, 9.17) is 18.9 Å². The topological polar surface area (TPSA) is 88.1 Å². The summed E-state index contributed by atoms with van der Waals surface area (Å²) in [5.74, 6) is -2.03. The Kier molecular flexibility index (Phi) is 5.90. The van der Waals surface area contributed by atoms with E-state index < -0.39 is 35.7 Å². The minimum Gasteiger partial charge on any atom is -0.465 e. The van der Waals surface area contributed by atoms with E-state index in [-0.39, 0.29) is 13.2 Å². The van der Waals surface area contributed by atoms with Crippen molar-refractivity contribution in [2.24, 2.45) is 5.41 Å². The van der Waals surface area contributed by atoms with Gasteiger partial charge in [-0.2, -0.15) is 0 Å². The number of carbonyl (C=O) groups is 3. The minimum absolute atomic E-state index is 0.123. The van der Waals surface area contributed by atoms with Crippen LogP contribution >= 0.6 is 0 Å². The van der Waals surface area contributed by atoms with Crippen molar-refractivity contribution in [1.29, 1.82) is 0 Å². The van der Waals surface area contributed by atoms with Gasteiger partial charge in [0.1, 0.15) is 6.10 Å². The maximum Gasteiger partial charge on any atom is 0.326 e. The summed E-state index contributed by atoms with van der Waals surface area (Å²) in [5.41, 5.74) is -1.66. The molecule has 1 unspecified atom stereocenters. The van der Waals surface area contributed by atoms with Crippen molar-refractivity contribution in [1.82, 2.24) is 0 Å². The number of carbonyl (C=O) groups excluding carboxylic acids is 3. The normalized spacial score (nSPS) is 21.0. The van der Waals surface area contributed by atoms with Gasteiger partial charge in [0.15, 0.2) is 5.41 Å². The molecule has 1 aliphatic heterocycles. The number of rotatable bonds is 6. The Hall–Kier alpha value is -1.89. The van der Waals surface area contributed by atoms with Gasteiger partial charge in [-0.05, 0) is 26.8 Å². The second-order valence-electron chi connectivity index (χ2n) is 4.56. The summed E-state index contributed by atoms with van der Waals surface area (Å²) >= 11 is 0. The molecule has 0 aromatic carbocycles. The molecule has 0 saturated carbocycles. The van der Waals surface area contributed by atoms with Crippen LogP contribution in [0.4, 0.5) is 0 Å². The molecule has 1 heterocycles. The Morgan fingerprint density at radius 1 is 1.10 bits per heavy atom. The van der Waals surface area contributed by atoms with Crippen molar-refractivity contribution in [2.45, 2.75) is 40.1 Å². The fourth-order valence-electron chi connectivity index (χ4n) is 1.86. The molecule has 0 spiro atoms. The predicted molar refractivity (Wildman–Crippen MR) is 70.9 cm³/mol. The first-order valence-electron chi connectivity index (χ1n) is 6.71. The second kappa shape index (κ2) is 7.21. The zero-order valence-corrected chi connectivity index (χ0v) is 12.6. The van der Waals surface area contributed by atoms with Crippen molar-refractivity contribution < 1.29 is 33.3 Å². The largest absolute Gasteiger partial charge is 0.465 e. The molecular weight excluding hydrogens is 280 g/mol. The molecular formula is C14H20O7. The molecule has 0 aromatic heterocycles. The molecule has 1 aliphatic rings. The highest BCUT2D eigenvalue weighted by molar-refractivity contribution is 6.00. The minimum atomic E-state index is -1.66. The van der Waals surface area contributed by atoms with E-state index in [9.17, 15) is 14.4 Å². The Bertz CT molecular complexity index is 423. The fourth-order valence-corrected chi connectivity index (χ4v) is 1.86. The van der Waals surface area contributed by atoms with Crippen molar-refractivity contribution >= 4 is 17.9 Å². The maximum atomic E-state index is 12.2. The highest BCUT2D eigenvalue weighted by Crippen LogP contribution is 2.33. The summed E-state index contributed by atoms with van der Waals surface area (Å²) in [6.07, 6.45) is 1.08. The lowest BCUT2D eigenvalue weighted by Crippen LogP contribution is -2.48. The predicted octanol–water partition coefficient (Wildman–Crippen LogP) is 0.963. The summed E-state index contributed by atoms with van der Waals surface area (Å²) in [5, 5.41) is 0. The lowest BCUT2D eigenvalue weighted by molar-refractivity contribution is -0.192. The first kappa shape index (κ1) is 17.2. The number of ether oxygens (including phenoxy) is 4. The molecule has 0 aromatic rings. The van der Waals surface area contributed by atoms with Crippen LogP contribution in [0.15, 0.2) is 12.2 Å². The summed E-state index contributed by atoms with van der Waals surface area (Å²) in [7, 11) is 0. The Morgan fingerprint density at radius 2 is 1.62 bits per heavy atom. The van der Waals surface area contributed by atoms with Crippen LogP contribution in [-0.2, 0) is 33.3 Å². The molecule has 7 heteroatoms. The van der Waals surface area contributed by atoms with Crippen LogP contribution in [0.25, 0.3) is 0 Å². The summed E-state index contributed by atoms with van der Waals surface area (Å²) in [6.45, 7) is 6.14. The maximum absolute atomic E-state index is 12.2. The third-order valence-electron chi connectivity index (χ3n) is 2.97. The van der Waals surface area contributed by atoms with Crippen LogP contribution < -0.4 is 0 Å². The molecule has 7 nitrogen and oxygen atoms in total. The van der Waals surface area contributed by atoms with Gasteiger partial charge in [0.2, 0.25) is 6.29 Å². The van der Waals surface area contributed by atoms with E-state index in [0.29, 0.717) is 0 Å². The van der Waals surface area contributed by atoms with E-state index in [1.807, 2.05) is 0 Å². The SMILES string of the molecule is CCOC(=O)C(C)(C(=O)OCC)C1C=C[C@@H](OC(C)=O)O1. The summed E-state index contributed by atoms with van der Waals surface area (Å²) < 4.78 is 20.2. The molecule has 118 valence electrons. The average Bonchev–Trinajstić information content (AvgIpc) is 2.86. The lowest BCUT2D eigenvalue weighted by Gasteiger charge is -2.29. The second-order valence-corrected chi connectivity index (χ2v) is 4.56. The van der Waals surface area contributed by atoms with Crippen molar-refractivity contribution in [3.63, 3.8) is 0 Å². The van der Waals surface area contributed by atoms with Crippen LogP contribution in [0.2, 0.25) is 0 Å². The van der Waals surface area contributed by atoms with E-state index in [1.165, 1.54) is 26.0 Å². The van der Waals surface area contributed by atoms with Gasteiger partial charge in [-0.3, -0.25) is 14.4 Å². The Balaban J connectivity index is 2.93. The fraction of sp³-hybridized carbons (Fsp3) is 0.643. The molecule has 0 aliphatic carbocycles. The van der Waals surface area contributed by atoms with Gasteiger partial charge < -0.3 is 18.9 Å². The summed E-state index contributed by atoms with van der Waals surface area (Å²) in [4.78, 5) is 35.2. The molecule has 0 bridgehead atoms. The van der Waals surface area contributed by atoms with Gasteiger partial charge in [0.05, 0.1) is 13.2 Å². The van der Waals surface area contributed by atoms with Crippen LogP contribution in [0.1, 0.15) is 27.7 Å². The lowest BCUT2D eigenvalue weighted by atomic mass is 9.84. The van der Waals surface area contributed by atoms with Crippen molar-refractivity contribution in [3.05, 3.63) is 12.2 Å². The molecule has 0 radical (unpaired) electrons. The van der Waals surface area contributed by atoms with E-state index in [1.54, 1.807) is 13.8 Å². The zero-order valence-electron chi connectivity index (χ0n) is 12.6. The van der Waals surface area contributed by atoms with E-state index >= 15 is 0 Å². The van der Waals surface area contributed by atoms with Gasteiger partial charge in [-0.15, -0.1) is 0 Å². The van der Waals surface area contributed by atoms with Gasteiger partial charge in [0.25, 0.3) is 0 Å². The third kappa shape index (κ3) is 3.81. The standard InChI is InChI=1S/C14H20O7/c1-5-18-12(16)14(4,13(17)19-6-2)10-7-8-11(21-10)20-9(3)15/h7-8,10-11H,5-6H2,1-4H3/t10?,11-/m0/s1. The molecule has 0 amide bonds. The first-order valence-corrected chi connectivity index (χ1v) is 6.71. The Morgan fingerprint density at radius 3 is 2.05 bits per heavy atom. The molecule has 21 heavy (non-hydrogen) atoms.